The van der Waals surface area contributed by atoms with Gasteiger partial charge in [-0.1, -0.05) is 12.1 Å². The molecule has 2 aromatic carbocycles. The Morgan fingerprint density at radius 1 is 1.00 bits per heavy atom. The summed E-state index contributed by atoms with van der Waals surface area (Å²) in [6.07, 6.45) is 0. The summed E-state index contributed by atoms with van der Waals surface area (Å²) in [5.74, 6) is -9.88. The van der Waals surface area contributed by atoms with Crippen LogP contribution in [0.25, 0.3) is 11.1 Å². The van der Waals surface area contributed by atoms with Gasteiger partial charge in [-0.3, -0.25) is 14.4 Å². The van der Waals surface area contributed by atoms with Crippen molar-refractivity contribution in [3.63, 3.8) is 0 Å². The van der Waals surface area contributed by atoms with E-state index < -0.39 is 58.9 Å². The van der Waals surface area contributed by atoms with Gasteiger partial charge in [0.05, 0.1) is 35.0 Å². The van der Waals surface area contributed by atoms with Crippen molar-refractivity contribution in [2.24, 2.45) is 0 Å². The van der Waals surface area contributed by atoms with Crippen molar-refractivity contribution in [3.8, 4) is 16.9 Å². The van der Waals surface area contributed by atoms with Crippen LogP contribution in [0, 0.1) is 23.3 Å². The van der Waals surface area contributed by atoms with Crippen molar-refractivity contribution < 1.29 is 40.8 Å². The molecule has 1 aromatic heterocycles. The number of rotatable bonds is 6. The second-order valence-corrected chi connectivity index (χ2v) is 6.67. The molecular weight excluding hydrogens is 440 g/mol. The van der Waals surface area contributed by atoms with Gasteiger partial charge in [0.15, 0.2) is 23.3 Å². The summed E-state index contributed by atoms with van der Waals surface area (Å²) >= 11 is 0.914. The highest BCUT2D eigenvalue weighted by Crippen LogP contribution is 2.36. The second kappa shape index (κ2) is 9.14. The molecule has 0 saturated carbocycles. The van der Waals surface area contributed by atoms with Gasteiger partial charge in [-0.05, 0) is 17.7 Å². The van der Waals surface area contributed by atoms with E-state index in [0.717, 1.165) is 30.6 Å². The first-order valence-electron chi connectivity index (χ1n) is 9.80. The minimum atomic E-state index is -2.87. The van der Waals surface area contributed by atoms with Gasteiger partial charge in [-0.2, -0.15) is 11.3 Å². The fraction of sp³-hybridized carbons (Fsp3) is 0.100. The van der Waals surface area contributed by atoms with Crippen LogP contribution in [-0.4, -0.2) is 26.0 Å². The molecule has 6 nitrogen and oxygen atoms in total. The van der Waals surface area contributed by atoms with Gasteiger partial charge in [0, 0.05) is 10.8 Å². The molecule has 162 valence electrons. The predicted octanol–water partition coefficient (Wildman–Crippen LogP) is 4.52. The van der Waals surface area contributed by atoms with E-state index in [1.807, 2.05) is 5.48 Å². The highest BCUT2D eigenvalue weighted by atomic mass is 32.1. The molecule has 2 N–H and O–H groups in total. The average molecular weight is 457 g/mol. The molecule has 0 spiro atoms. The van der Waals surface area contributed by atoms with Crippen LogP contribution in [0.5, 0.6) is 5.75 Å². The zero-order valence-electron chi connectivity index (χ0n) is 18.5. The summed E-state index contributed by atoms with van der Waals surface area (Å²) < 4.78 is 84.9. The first-order valence-corrected chi connectivity index (χ1v) is 9.25. The van der Waals surface area contributed by atoms with Crippen molar-refractivity contribution in [2.75, 3.05) is 19.5 Å². The lowest BCUT2D eigenvalue weighted by Crippen LogP contribution is -2.25. The average Bonchev–Trinajstić information content (AvgIpc) is 3.25. The SMILES string of the molecule is [2H]C([2H])([2H])Oc1cccc(-c2c(F)c(F)c(NC(=O)c3cscc3C(=O)NOC)c(F)c2F)c1. The van der Waals surface area contributed by atoms with Crippen LogP contribution in [-0.2, 0) is 4.84 Å². The number of benzene rings is 2. The Bertz CT molecular complexity index is 1240. The molecule has 1 heterocycles. The minimum Gasteiger partial charge on any atom is -0.497 e. The van der Waals surface area contributed by atoms with Gasteiger partial charge in [0.1, 0.15) is 11.4 Å². The van der Waals surface area contributed by atoms with Crippen LogP contribution in [0.4, 0.5) is 23.2 Å². The van der Waals surface area contributed by atoms with Crippen LogP contribution in [0.15, 0.2) is 35.0 Å². The standard InChI is InChI=1S/C20H14F4N2O4S/c1-29-10-5-3-4-9(6-10)13-14(21)16(23)18(17(24)15(13)22)25-19(27)11-7-31-8-12(11)20(28)26-30-2/h3-8H,1-2H3,(H,25,27)(H,26,28)/i1D3. The third kappa shape index (κ3) is 4.23. The lowest BCUT2D eigenvalue weighted by Gasteiger charge is -2.14. The Labute approximate surface area is 181 Å². The Morgan fingerprint density at radius 3 is 2.26 bits per heavy atom. The predicted molar refractivity (Wildman–Crippen MR) is 105 cm³/mol. The van der Waals surface area contributed by atoms with E-state index >= 15 is 0 Å². The van der Waals surface area contributed by atoms with E-state index in [0.29, 0.717) is 0 Å². The van der Waals surface area contributed by atoms with Gasteiger partial charge in [0.25, 0.3) is 11.8 Å². The number of ether oxygens (including phenoxy) is 1. The molecule has 0 aliphatic rings. The number of carbonyl (C=O) groups is 2. The van der Waals surface area contributed by atoms with Crippen LogP contribution in [0.1, 0.15) is 24.8 Å². The van der Waals surface area contributed by atoms with Gasteiger partial charge in [-0.15, -0.1) is 0 Å². The molecule has 0 bridgehead atoms. The molecular formula is C20H14F4N2O4S. The number of nitrogens with one attached hydrogen (secondary N) is 2. The van der Waals surface area contributed by atoms with Crippen LogP contribution < -0.4 is 15.5 Å². The van der Waals surface area contributed by atoms with Gasteiger partial charge in [0.2, 0.25) is 0 Å². The number of hydrogen-bond acceptors (Lipinski definition) is 5. The van der Waals surface area contributed by atoms with E-state index in [9.17, 15) is 27.2 Å². The monoisotopic (exact) mass is 457 g/mol. The summed E-state index contributed by atoms with van der Waals surface area (Å²) in [6.45, 7) is 0. The fourth-order valence-corrected chi connectivity index (χ4v) is 3.50. The summed E-state index contributed by atoms with van der Waals surface area (Å²) in [6, 6.07) is 4.31. The van der Waals surface area contributed by atoms with Crippen LogP contribution in [0.3, 0.4) is 0 Å². The molecule has 0 atom stereocenters. The number of carbonyl (C=O) groups excluding carboxylic acids is 2. The van der Waals surface area contributed by atoms with E-state index in [2.05, 4.69) is 9.57 Å². The number of hydroxylamine groups is 1. The number of thiophene rings is 1. The number of amides is 2. The van der Waals surface area contributed by atoms with Crippen molar-refractivity contribution in [3.05, 3.63) is 69.4 Å². The molecule has 0 fully saturated rings. The van der Waals surface area contributed by atoms with Crippen LogP contribution in [0.2, 0.25) is 0 Å². The van der Waals surface area contributed by atoms with E-state index in [1.165, 1.54) is 22.9 Å². The number of anilines is 1. The lowest BCUT2D eigenvalue weighted by atomic mass is 10.0. The van der Waals surface area contributed by atoms with Crippen molar-refractivity contribution in [2.45, 2.75) is 0 Å². The molecule has 11 heteroatoms. The second-order valence-electron chi connectivity index (χ2n) is 5.92. The quantitative estimate of drug-likeness (QED) is 0.324. The number of halogens is 4. The number of hydrogen-bond donors (Lipinski definition) is 2. The largest absolute Gasteiger partial charge is 0.497 e. The Balaban J connectivity index is 2.00. The maximum absolute atomic E-state index is 14.8. The highest BCUT2D eigenvalue weighted by Gasteiger charge is 2.29. The summed E-state index contributed by atoms with van der Waals surface area (Å²) in [4.78, 5) is 28.9. The first-order chi connectivity index (χ1) is 15.9. The Hall–Kier alpha value is -3.44. The van der Waals surface area contributed by atoms with Crippen molar-refractivity contribution in [1.82, 2.24) is 5.48 Å². The molecule has 31 heavy (non-hydrogen) atoms. The summed E-state index contributed by atoms with van der Waals surface area (Å²) in [7, 11) is -1.73. The zero-order chi connectivity index (χ0) is 25.2. The maximum Gasteiger partial charge on any atom is 0.276 e. The number of methoxy groups -OCH3 is 1. The van der Waals surface area contributed by atoms with E-state index in [4.69, 9.17) is 4.11 Å². The van der Waals surface area contributed by atoms with Gasteiger partial charge >= 0.3 is 0 Å². The maximum atomic E-state index is 14.8. The molecule has 0 unspecified atom stereocenters. The van der Waals surface area contributed by atoms with Crippen LogP contribution >= 0.6 is 11.3 Å². The molecule has 3 rings (SSSR count). The molecule has 0 saturated heterocycles. The van der Waals surface area contributed by atoms with E-state index in [-0.39, 0.29) is 16.9 Å². The Kier molecular flexibility index (Phi) is 5.41. The molecule has 0 aliphatic heterocycles. The smallest absolute Gasteiger partial charge is 0.276 e. The first kappa shape index (κ1) is 18.3. The van der Waals surface area contributed by atoms with Crippen molar-refractivity contribution in [1.29, 1.82) is 0 Å². The highest BCUT2D eigenvalue weighted by molar-refractivity contribution is 7.08. The zero-order valence-corrected chi connectivity index (χ0v) is 16.3. The molecule has 0 radical (unpaired) electrons. The minimum absolute atomic E-state index is 0.200. The lowest BCUT2D eigenvalue weighted by molar-refractivity contribution is 0.0536. The molecule has 0 aliphatic carbocycles. The third-order valence-electron chi connectivity index (χ3n) is 4.09. The van der Waals surface area contributed by atoms with Gasteiger partial charge in [-0.25, -0.2) is 23.0 Å². The Morgan fingerprint density at radius 2 is 1.65 bits per heavy atom. The molecule has 2 amide bonds. The fourth-order valence-electron chi connectivity index (χ4n) is 2.69. The topological polar surface area (TPSA) is 76.7 Å². The van der Waals surface area contributed by atoms with Crippen molar-refractivity contribution >= 4 is 28.8 Å². The van der Waals surface area contributed by atoms with E-state index in [1.54, 1.807) is 5.32 Å². The third-order valence-corrected chi connectivity index (χ3v) is 4.83. The van der Waals surface area contributed by atoms with Gasteiger partial charge < -0.3 is 10.1 Å². The normalized spacial score (nSPS) is 12.5. The summed E-state index contributed by atoms with van der Waals surface area (Å²) in [5, 5.41) is 4.19. The molecule has 3 aromatic rings. The summed E-state index contributed by atoms with van der Waals surface area (Å²) in [5.41, 5.74) is -1.52.